The molecule has 13 rings (SSSR count). The Labute approximate surface area is 367 Å². The highest BCUT2D eigenvalue weighted by atomic mass is 16.3. The quantitative estimate of drug-likeness (QED) is 0.156. The zero-order valence-electron chi connectivity index (χ0n) is 34.4. The molecule has 3 aromatic heterocycles. The third-order valence-corrected chi connectivity index (χ3v) is 12.4. The first-order valence-electron chi connectivity index (χ1n) is 21.5. The first-order chi connectivity index (χ1) is 31.7. The molecule has 6 nitrogen and oxygen atoms in total. The number of imidazole rings is 1. The summed E-state index contributed by atoms with van der Waals surface area (Å²) < 4.78 is 8.74. The van der Waals surface area contributed by atoms with E-state index in [1.165, 1.54) is 26.9 Å². The van der Waals surface area contributed by atoms with E-state index in [9.17, 15) is 0 Å². The minimum Gasteiger partial charge on any atom is -0.456 e. The molecule has 0 saturated heterocycles. The molecule has 0 bridgehead atoms. The van der Waals surface area contributed by atoms with Gasteiger partial charge in [0, 0.05) is 38.7 Å². The minimum atomic E-state index is 0.560. The summed E-state index contributed by atoms with van der Waals surface area (Å²) >= 11 is 0. The lowest BCUT2D eigenvalue weighted by Gasteiger charge is -2.14. The van der Waals surface area contributed by atoms with E-state index in [0.29, 0.717) is 17.5 Å². The van der Waals surface area contributed by atoms with Crippen LogP contribution >= 0.6 is 0 Å². The zero-order valence-corrected chi connectivity index (χ0v) is 34.4. The Balaban J connectivity index is 1.05. The van der Waals surface area contributed by atoms with Crippen LogP contribution in [0.25, 0.3) is 128 Å². The molecule has 0 atom stereocenters. The highest BCUT2D eigenvalue weighted by Gasteiger charge is 2.21. The van der Waals surface area contributed by atoms with Crippen molar-refractivity contribution in [2.24, 2.45) is 0 Å². The maximum Gasteiger partial charge on any atom is 0.164 e. The molecule has 298 valence electrons. The van der Waals surface area contributed by atoms with Crippen LogP contribution < -0.4 is 0 Å². The zero-order chi connectivity index (χ0) is 42.1. The summed E-state index contributed by atoms with van der Waals surface area (Å²) in [5.74, 6) is 2.56. The summed E-state index contributed by atoms with van der Waals surface area (Å²) in [4.78, 5) is 21.1. The normalized spacial score (nSPS) is 11.8. The molecule has 0 aliphatic rings. The maximum absolute atomic E-state index is 6.52. The third kappa shape index (κ3) is 5.81. The van der Waals surface area contributed by atoms with Gasteiger partial charge < -0.3 is 4.42 Å². The first kappa shape index (κ1) is 36.0. The molecule has 0 radical (unpaired) electrons. The fourth-order valence-electron chi connectivity index (χ4n) is 9.48. The van der Waals surface area contributed by atoms with Gasteiger partial charge in [-0.25, -0.2) is 19.9 Å². The van der Waals surface area contributed by atoms with Crippen LogP contribution in [0.2, 0.25) is 0 Å². The lowest BCUT2D eigenvalue weighted by molar-refractivity contribution is 0.669. The second-order valence-corrected chi connectivity index (χ2v) is 16.2. The molecule has 0 N–H and O–H groups in total. The van der Waals surface area contributed by atoms with Crippen molar-refractivity contribution in [1.29, 1.82) is 0 Å². The smallest absolute Gasteiger partial charge is 0.164 e. The highest BCUT2D eigenvalue weighted by Crippen LogP contribution is 2.41. The van der Waals surface area contributed by atoms with Gasteiger partial charge in [0.1, 0.15) is 17.0 Å². The molecule has 3 heterocycles. The average molecular weight is 818 g/mol. The number of furan rings is 1. The van der Waals surface area contributed by atoms with E-state index in [0.717, 1.165) is 83.3 Å². The number of rotatable bonds is 6. The van der Waals surface area contributed by atoms with Crippen LogP contribution in [0.3, 0.4) is 0 Å². The molecule has 10 aromatic carbocycles. The van der Waals surface area contributed by atoms with Crippen molar-refractivity contribution in [1.82, 2.24) is 24.5 Å². The van der Waals surface area contributed by atoms with Crippen LogP contribution in [0.5, 0.6) is 0 Å². The standard InChI is InChI=1S/C58H35N5O/c1-3-15-36(16-4-1)38-30-32-52-49(34-38)54-47(25-14-28-53(54)64-52)57-61-55(39-19-13-20-41(33-39)63-51-27-12-11-26-50(51)59-58(63)37-17-5-2-6-18-37)60-56(62-57)40-29-31-46-44-23-8-7-21-42(44)43-22-9-10-24-45(43)48(46)35-40/h1-35H. The summed E-state index contributed by atoms with van der Waals surface area (Å²) in [5.41, 5.74) is 10.4. The van der Waals surface area contributed by atoms with Crippen molar-refractivity contribution in [2.75, 3.05) is 0 Å². The second kappa shape index (κ2) is 14.4. The number of fused-ring (bicyclic) bond motifs is 10. The van der Waals surface area contributed by atoms with Crippen LogP contribution in [-0.2, 0) is 0 Å². The summed E-state index contributed by atoms with van der Waals surface area (Å²) in [6, 6.07) is 73.9. The Hall–Kier alpha value is -8.74. The van der Waals surface area contributed by atoms with Gasteiger partial charge in [-0.3, -0.25) is 4.57 Å². The third-order valence-electron chi connectivity index (χ3n) is 12.4. The van der Waals surface area contributed by atoms with Gasteiger partial charge in [0.15, 0.2) is 17.5 Å². The van der Waals surface area contributed by atoms with E-state index < -0.39 is 0 Å². The molecule has 13 aromatic rings. The molecule has 0 aliphatic carbocycles. The van der Waals surface area contributed by atoms with E-state index in [1.54, 1.807) is 0 Å². The van der Waals surface area contributed by atoms with Gasteiger partial charge in [-0.1, -0.05) is 164 Å². The number of nitrogens with zero attached hydrogens (tertiary/aromatic N) is 5. The van der Waals surface area contributed by atoms with Crippen LogP contribution in [0.4, 0.5) is 0 Å². The fourth-order valence-corrected chi connectivity index (χ4v) is 9.48. The Morgan fingerprint density at radius 1 is 0.328 bits per heavy atom. The van der Waals surface area contributed by atoms with Gasteiger partial charge in [-0.15, -0.1) is 0 Å². The molecular formula is C58H35N5O. The van der Waals surface area contributed by atoms with Crippen molar-refractivity contribution in [3.63, 3.8) is 0 Å². The number of aromatic nitrogens is 5. The molecule has 0 spiro atoms. The van der Waals surface area contributed by atoms with E-state index in [1.807, 2.05) is 42.5 Å². The summed E-state index contributed by atoms with van der Waals surface area (Å²) in [7, 11) is 0. The van der Waals surface area contributed by atoms with E-state index in [2.05, 4.69) is 174 Å². The maximum atomic E-state index is 6.52. The monoisotopic (exact) mass is 817 g/mol. The summed E-state index contributed by atoms with van der Waals surface area (Å²) in [6.45, 7) is 0. The lowest BCUT2D eigenvalue weighted by Crippen LogP contribution is -2.02. The summed E-state index contributed by atoms with van der Waals surface area (Å²) in [5, 5.41) is 9.15. The molecule has 0 aliphatic heterocycles. The van der Waals surface area contributed by atoms with Gasteiger partial charge in [0.2, 0.25) is 0 Å². The summed E-state index contributed by atoms with van der Waals surface area (Å²) in [6.07, 6.45) is 0. The van der Waals surface area contributed by atoms with Crippen molar-refractivity contribution in [2.45, 2.75) is 0 Å². The average Bonchev–Trinajstić information content (AvgIpc) is 3.96. The predicted octanol–water partition coefficient (Wildman–Crippen LogP) is 14.9. The molecule has 6 heteroatoms. The van der Waals surface area contributed by atoms with Crippen molar-refractivity contribution >= 4 is 65.3 Å². The molecule has 0 amide bonds. The van der Waals surface area contributed by atoms with E-state index >= 15 is 0 Å². The number of para-hydroxylation sites is 2. The van der Waals surface area contributed by atoms with Gasteiger partial charge in [-0.05, 0) is 92.0 Å². The Bertz CT molecular complexity index is 3930. The van der Waals surface area contributed by atoms with Crippen molar-refractivity contribution in [3.05, 3.63) is 212 Å². The Kier molecular flexibility index (Phi) is 8.11. The second-order valence-electron chi connectivity index (χ2n) is 16.2. The number of benzene rings is 10. The van der Waals surface area contributed by atoms with Gasteiger partial charge in [0.25, 0.3) is 0 Å². The van der Waals surface area contributed by atoms with Crippen LogP contribution in [0.1, 0.15) is 0 Å². The van der Waals surface area contributed by atoms with Crippen LogP contribution in [0.15, 0.2) is 217 Å². The molecule has 0 unspecified atom stereocenters. The molecule has 64 heavy (non-hydrogen) atoms. The predicted molar refractivity (Wildman–Crippen MR) is 261 cm³/mol. The lowest BCUT2D eigenvalue weighted by atomic mass is 9.93. The molecule has 0 fully saturated rings. The SMILES string of the molecule is c1ccc(-c2ccc3oc4cccc(-c5nc(-c6cccc(-n7c(-c8ccccc8)nc8ccccc87)c6)nc(-c6ccc7c8ccccc8c8ccccc8c7c6)n5)c4c3c2)cc1. The van der Waals surface area contributed by atoms with Gasteiger partial charge in [0.05, 0.1) is 11.0 Å². The van der Waals surface area contributed by atoms with E-state index in [-0.39, 0.29) is 0 Å². The van der Waals surface area contributed by atoms with E-state index in [4.69, 9.17) is 24.4 Å². The van der Waals surface area contributed by atoms with Crippen LogP contribution in [-0.4, -0.2) is 24.5 Å². The number of hydrogen-bond donors (Lipinski definition) is 0. The first-order valence-corrected chi connectivity index (χ1v) is 21.5. The number of hydrogen-bond acceptors (Lipinski definition) is 5. The minimum absolute atomic E-state index is 0.560. The Morgan fingerprint density at radius 2 is 0.891 bits per heavy atom. The fraction of sp³-hybridized carbons (Fsp3) is 0. The largest absolute Gasteiger partial charge is 0.456 e. The topological polar surface area (TPSA) is 69.6 Å². The van der Waals surface area contributed by atoms with Crippen molar-refractivity contribution in [3.8, 4) is 62.4 Å². The van der Waals surface area contributed by atoms with Crippen LogP contribution in [0, 0.1) is 0 Å². The van der Waals surface area contributed by atoms with Crippen molar-refractivity contribution < 1.29 is 4.42 Å². The Morgan fingerprint density at radius 3 is 1.64 bits per heavy atom. The van der Waals surface area contributed by atoms with Gasteiger partial charge >= 0.3 is 0 Å². The molecular weight excluding hydrogens is 783 g/mol. The highest BCUT2D eigenvalue weighted by molar-refractivity contribution is 6.25. The van der Waals surface area contributed by atoms with Gasteiger partial charge in [-0.2, -0.15) is 0 Å². The molecule has 0 saturated carbocycles.